The van der Waals surface area contributed by atoms with Crippen LogP contribution in [0.1, 0.15) is 29.6 Å². The van der Waals surface area contributed by atoms with Gasteiger partial charge in [0.25, 0.3) is 5.91 Å². The molecule has 1 aromatic rings. The van der Waals surface area contributed by atoms with Crippen LogP contribution in [0.4, 0.5) is 4.39 Å². The molecule has 0 aromatic heterocycles. The Morgan fingerprint density at radius 3 is 2.88 bits per heavy atom. The second kappa shape index (κ2) is 7.08. The van der Waals surface area contributed by atoms with Gasteiger partial charge in [0.2, 0.25) is 0 Å². The number of halogens is 2. The summed E-state index contributed by atoms with van der Waals surface area (Å²) in [6.45, 7) is 0.510. The molecule has 1 aromatic carbocycles. The summed E-state index contributed by atoms with van der Waals surface area (Å²) in [5.41, 5.74) is 0.0603. The van der Waals surface area contributed by atoms with Gasteiger partial charge in [-0.1, -0.05) is 15.9 Å². The molecule has 0 aliphatic rings. The quantitative estimate of drug-likeness (QED) is 0.657. The van der Waals surface area contributed by atoms with Crippen molar-refractivity contribution < 1.29 is 9.18 Å². The molecule has 0 heterocycles. The fourth-order valence-corrected chi connectivity index (χ4v) is 1.66. The highest BCUT2D eigenvalue weighted by molar-refractivity contribution is 9.10. The molecule has 0 saturated carbocycles. The van der Waals surface area contributed by atoms with Crippen LogP contribution >= 0.6 is 15.9 Å². The van der Waals surface area contributed by atoms with E-state index >= 15 is 0 Å². The van der Waals surface area contributed by atoms with Crippen molar-refractivity contribution in [1.29, 1.82) is 0 Å². The molecule has 1 amide bonds. The summed E-state index contributed by atoms with van der Waals surface area (Å²) in [4.78, 5) is 11.6. The zero-order valence-corrected chi connectivity index (χ0v) is 10.9. The molecule has 0 saturated heterocycles. The lowest BCUT2D eigenvalue weighted by Crippen LogP contribution is -2.25. The van der Waals surface area contributed by atoms with Gasteiger partial charge in [-0.2, -0.15) is 0 Å². The monoisotopic (exact) mass is 297 g/mol. The smallest absolute Gasteiger partial charge is 0.254 e. The van der Waals surface area contributed by atoms with E-state index in [9.17, 15) is 9.18 Å². The number of rotatable bonds is 5. The summed E-state index contributed by atoms with van der Waals surface area (Å²) in [5.74, 6) is 1.60. The zero-order chi connectivity index (χ0) is 12.7. The van der Waals surface area contributed by atoms with Gasteiger partial charge in [-0.25, -0.2) is 4.39 Å². The Kier molecular flexibility index (Phi) is 5.71. The molecule has 0 atom stereocenters. The number of carbonyl (C=O) groups excluding carboxylic acids is 1. The third kappa shape index (κ3) is 4.58. The second-order valence-corrected chi connectivity index (χ2v) is 4.46. The van der Waals surface area contributed by atoms with Crippen LogP contribution in [-0.2, 0) is 0 Å². The van der Waals surface area contributed by atoms with Gasteiger partial charge in [0.05, 0.1) is 5.56 Å². The first-order valence-electron chi connectivity index (χ1n) is 5.32. The number of hydrogen-bond donors (Lipinski definition) is 1. The van der Waals surface area contributed by atoms with Crippen LogP contribution in [0.2, 0.25) is 0 Å². The van der Waals surface area contributed by atoms with Gasteiger partial charge in [-0.3, -0.25) is 4.79 Å². The molecule has 0 spiro atoms. The lowest BCUT2D eigenvalue weighted by atomic mass is 10.2. The van der Waals surface area contributed by atoms with E-state index in [0.29, 0.717) is 17.4 Å². The molecule has 1 N–H and O–H groups in total. The minimum atomic E-state index is -0.527. The Morgan fingerprint density at radius 1 is 1.47 bits per heavy atom. The third-order valence-corrected chi connectivity index (χ3v) is 2.70. The molecule has 0 unspecified atom stereocenters. The fourth-order valence-electron chi connectivity index (χ4n) is 1.32. The largest absolute Gasteiger partial charge is 0.352 e. The highest BCUT2D eigenvalue weighted by Crippen LogP contribution is 2.15. The topological polar surface area (TPSA) is 29.1 Å². The molecule has 0 aliphatic carbocycles. The van der Waals surface area contributed by atoms with Crippen LogP contribution < -0.4 is 5.32 Å². The van der Waals surface area contributed by atoms with Crippen molar-refractivity contribution in [3.05, 3.63) is 34.1 Å². The van der Waals surface area contributed by atoms with Gasteiger partial charge >= 0.3 is 0 Å². The standard InChI is InChI=1S/C13H13BrFNO/c1-2-3-4-5-8-16-13(17)11-7-6-10(14)9-12(11)15/h1,6-7,9H,3-5,8H2,(H,16,17). The van der Waals surface area contributed by atoms with Gasteiger partial charge in [-0.05, 0) is 31.0 Å². The highest BCUT2D eigenvalue weighted by atomic mass is 79.9. The number of nitrogens with one attached hydrogen (secondary N) is 1. The van der Waals surface area contributed by atoms with E-state index in [1.807, 2.05) is 0 Å². The Bertz CT molecular complexity index is 440. The molecule has 17 heavy (non-hydrogen) atoms. The number of carbonyl (C=O) groups is 1. The molecule has 0 radical (unpaired) electrons. The molecule has 2 nitrogen and oxygen atoms in total. The number of terminal acetylenes is 1. The van der Waals surface area contributed by atoms with E-state index in [0.717, 1.165) is 12.8 Å². The molecule has 1 rings (SSSR count). The zero-order valence-electron chi connectivity index (χ0n) is 9.30. The SMILES string of the molecule is C#CCCCCNC(=O)c1ccc(Br)cc1F. The van der Waals surface area contributed by atoms with Crippen LogP contribution in [-0.4, -0.2) is 12.5 Å². The van der Waals surface area contributed by atoms with Gasteiger partial charge in [0, 0.05) is 17.4 Å². The summed E-state index contributed by atoms with van der Waals surface area (Å²) in [6, 6.07) is 4.36. The van der Waals surface area contributed by atoms with Crippen molar-refractivity contribution in [3.63, 3.8) is 0 Å². The first-order valence-corrected chi connectivity index (χ1v) is 6.11. The maximum absolute atomic E-state index is 13.4. The third-order valence-electron chi connectivity index (χ3n) is 2.21. The summed E-state index contributed by atoms with van der Waals surface area (Å²) in [5, 5.41) is 2.66. The van der Waals surface area contributed by atoms with E-state index in [4.69, 9.17) is 6.42 Å². The van der Waals surface area contributed by atoms with E-state index in [1.165, 1.54) is 12.1 Å². The predicted octanol–water partition coefficient (Wildman–Crippen LogP) is 3.12. The summed E-state index contributed by atoms with van der Waals surface area (Å²) in [7, 11) is 0. The number of hydrogen-bond acceptors (Lipinski definition) is 1. The van der Waals surface area contributed by atoms with Crippen molar-refractivity contribution in [2.24, 2.45) is 0 Å². The van der Waals surface area contributed by atoms with Crippen LogP contribution in [0.25, 0.3) is 0 Å². The molecule has 0 bridgehead atoms. The van der Waals surface area contributed by atoms with Crippen molar-refractivity contribution in [3.8, 4) is 12.3 Å². The van der Waals surface area contributed by atoms with E-state index < -0.39 is 11.7 Å². The van der Waals surface area contributed by atoms with E-state index in [2.05, 4.69) is 27.2 Å². The Labute approximate surface area is 109 Å². The van der Waals surface area contributed by atoms with Gasteiger partial charge in [0.15, 0.2) is 0 Å². The predicted molar refractivity (Wildman–Crippen MR) is 69.1 cm³/mol. The highest BCUT2D eigenvalue weighted by Gasteiger charge is 2.10. The van der Waals surface area contributed by atoms with E-state index in [-0.39, 0.29) is 5.56 Å². The maximum Gasteiger partial charge on any atom is 0.254 e. The molecule has 4 heteroatoms. The average Bonchev–Trinajstić information content (AvgIpc) is 2.28. The Hall–Kier alpha value is -1.34. The van der Waals surface area contributed by atoms with Crippen molar-refractivity contribution in [1.82, 2.24) is 5.32 Å². The summed E-state index contributed by atoms with van der Waals surface area (Å²) in [6.07, 6.45) is 7.46. The lowest BCUT2D eigenvalue weighted by molar-refractivity contribution is 0.0949. The van der Waals surface area contributed by atoms with Crippen LogP contribution in [0.5, 0.6) is 0 Å². The molecule has 0 fully saturated rings. The van der Waals surface area contributed by atoms with Gasteiger partial charge in [-0.15, -0.1) is 12.3 Å². The second-order valence-electron chi connectivity index (χ2n) is 3.54. The van der Waals surface area contributed by atoms with E-state index in [1.54, 1.807) is 6.07 Å². The molecule has 90 valence electrons. The lowest BCUT2D eigenvalue weighted by Gasteiger charge is -2.05. The number of unbranched alkanes of at least 4 members (excludes halogenated alkanes) is 2. The first kappa shape index (κ1) is 13.7. The molecular formula is C13H13BrFNO. The van der Waals surface area contributed by atoms with Crippen LogP contribution in [0, 0.1) is 18.2 Å². The number of benzene rings is 1. The van der Waals surface area contributed by atoms with Crippen molar-refractivity contribution >= 4 is 21.8 Å². The average molecular weight is 298 g/mol. The first-order chi connectivity index (χ1) is 8.15. The normalized spacial score (nSPS) is 9.71. The minimum absolute atomic E-state index is 0.0603. The molecular weight excluding hydrogens is 285 g/mol. The minimum Gasteiger partial charge on any atom is -0.352 e. The van der Waals surface area contributed by atoms with Crippen molar-refractivity contribution in [2.45, 2.75) is 19.3 Å². The van der Waals surface area contributed by atoms with Gasteiger partial charge in [0.1, 0.15) is 5.82 Å². The van der Waals surface area contributed by atoms with Gasteiger partial charge < -0.3 is 5.32 Å². The van der Waals surface area contributed by atoms with Crippen LogP contribution in [0.3, 0.4) is 0 Å². The summed E-state index contributed by atoms with van der Waals surface area (Å²) < 4.78 is 14.0. The van der Waals surface area contributed by atoms with Crippen LogP contribution in [0.15, 0.2) is 22.7 Å². The number of amides is 1. The van der Waals surface area contributed by atoms with Crippen molar-refractivity contribution in [2.75, 3.05) is 6.54 Å². The Balaban J connectivity index is 2.45. The molecule has 0 aliphatic heterocycles. The maximum atomic E-state index is 13.4. The Morgan fingerprint density at radius 2 is 2.24 bits per heavy atom. The summed E-state index contributed by atoms with van der Waals surface area (Å²) >= 11 is 3.14. The fraction of sp³-hybridized carbons (Fsp3) is 0.308.